The van der Waals surface area contributed by atoms with Gasteiger partial charge in [0.05, 0.1) is 0 Å². The average Bonchev–Trinajstić information content (AvgIpc) is 0. The number of hydrogen-bond donors (Lipinski definition) is 0. The Labute approximate surface area is 91.5 Å². The van der Waals surface area contributed by atoms with Crippen molar-refractivity contribution in [3.8, 4) is 0 Å². The van der Waals surface area contributed by atoms with Gasteiger partial charge in [0, 0.05) is 0 Å². The van der Waals surface area contributed by atoms with E-state index >= 15 is 0 Å². The van der Waals surface area contributed by atoms with Crippen molar-refractivity contribution in [3.05, 3.63) is 0 Å². The minimum absolute atomic E-state index is 0. The first kappa shape index (κ1) is 29.5. The monoisotopic (exact) mass is 142 g/mol. The van der Waals surface area contributed by atoms with Crippen LogP contribution in [0.3, 0.4) is 0 Å². The average molecular weight is 143 g/mol. The van der Waals surface area contributed by atoms with E-state index < -0.39 is 0 Å². The summed E-state index contributed by atoms with van der Waals surface area (Å²) in [5.74, 6) is 0. The van der Waals surface area contributed by atoms with Gasteiger partial charge in [-0.3, -0.25) is 0 Å². The van der Waals surface area contributed by atoms with E-state index in [1.54, 1.807) is 0 Å². The van der Waals surface area contributed by atoms with Crippen LogP contribution in [0.5, 0.6) is 0 Å². The third-order valence-electron chi connectivity index (χ3n) is 0. The topological polar surface area (TPSA) is 0 Å². The van der Waals surface area contributed by atoms with Crippen molar-refractivity contribution in [1.82, 2.24) is 0 Å². The molecule has 0 N–H and O–H groups in total. The van der Waals surface area contributed by atoms with Gasteiger partial charge >= 0.3 is 51.4 Å². The Morgan fingerprint density at radius 2 is 0.750 bits per heavy atom. The van der Waals surface area contributed by atoms with E-state index in [0.717, 1.165) is 0 Å². The van der Waals surface area contributed by atoms with Crippen molar-refractivity contribution in [2.24, 2.45) is 0 Å². The summed E-state index contributed by atoms with van der Waals surface area (Å²) in [5, 5.41) is 0. The van der Waals surface area contributed by atoms with E-state index in [0.29, 0.717) is 0 Å². The van der Waals surface area contributed by atoms with Crippen LogP contribution in [0.1, 0.15) is 0 Å². The van der Waals surface area contributed by atoms with Gasteiger partial charge in [0.2, 0.25) is 0 Å². The van der Waals surface area contributed by atoms with Crippen molar-refractivity contribution < 1.29 is 0 Å². The molecule has 0 fully saturated rings. The fourth-order valence-electron chi connectivity index (χ4n) is 0. The molecule has 0 atom stereocenters. The molecule has 0 radical (unpaired) electrons. The van der Waals surface area contributed by atoms with Crippen molar-refractivity contribution in [1.29, 1.82) is 0 Å². The Balaban J connectivity index is 0. The van der Waals surface area contributed by atoms with E-state index in [9.17, 15) is 0 Å². The van der Waals surface area contributed by atoms with Crippen LogP contribution in [0.2, 0.25) is 0 Å². The van der Waals surface area contributed by atoms with Crippen LogP contribution in [0.4, 0.5) is 0 Å². The quantitative estimate of drug-likeness (QED) is 0.382. The van der Waals surface area contributed by atoms with E-state index in [4.69, 9.17) is 0 Å². The zero-order valence-corrected chi connectivity index (χ0v) is 2.45. The summed E-state index contributed by atoms with van der Waals surface area (Å²) in [6.07, 6.45) is 0. The van der Waals surface area contributed by atoms with Crippen LogP contribution in [-0.2, 0) is 0 Å². The SMILES string of the molecule is Cl.Cl.[AlH3].[KH]. The molecule has 0 unspecified atom stereocenters. The Bertz CT molecular complexity index is 6.00. The van der Waals surface area contributed by atoms with Crippen molar-refractivity contribution >= 4 is 93.6 Å². The Hall–Kier alpha value is 2.75. The molecular weight excluding hydrogens is 137 g/mol. The molecule has 0 aromatic heterocycles. The summed E-state index contributed by atoms with van der Waals surface area (Å²) in [6.45, 7) is 0. The van der Waals surface area contributed by atoms with Gasteiger partial charge in [0.1, 0.15) is 0 Å². The van der Waals surface area contributed by atoms with Crippen LogP contribution in [0, 0.1) is 0 Å². The molecule has 0 heterocycles. The van der Waals surface area contributed by atoms with Gasteiger partial charge in [-0.25, -0.2) is 0 Å². The minimum atomic E-state index is 0. The molecular formula is H6AlCl2K. The molecule has 0 aromatic carbocycles. The van der Waals surface area contributed by atoms with Crippen molar-refractivity contribution in [2.45, 2.75) is 0 Å². The summed E-state index contributed by atoms with van der Waals surface area (Å²) in [5.41, 5.74) is 0. The van der Waals surface area contributed by atoms with Gasteiger partial charge in [-0.05, 0) is 0 Å². The molecule has 0 saturated heterocycles. The van der Waals surface area contributed by atoms with Gasteiger partial charge in [-0.2, -0.15) is 0 Å². The summed E-state index contributed by atoms with van der Waals surface area (Å²) < 4.78 is 0. The zero-order chi connectivity index (χ0) is 0. The summed E-state index contributed by atoms with van der Waals surface area (Å²) >= 11 is 0. The second-order valence-electron chi connectivity index (χ2n) is 0. The fourth-order valence-corrected chi connectivity index (χ4v) is 0. The van der Waals surface area contributed by atoms with Gasteiger partial charge in [-0.15, -0.1) is 24.8 Å². The molecule has 0 nitrogen and oxygen atoms in total. The molecule has 0 aliphatic rings. The molecule has 0 saturated carbocycles. The van der Waals surface area contributed by atoms with Crippen LogP contribution in [-0.4, -0.2) is 68.7 Å². The van der Waals surface area contributed by atoms with Crippen LogP contribution in [0.15, 0.2) is 0 Å². The molecule has 24 valence electrons. The van der Waals surface area contributed by atoms with E-state index in [1.165, 1.54) is 0 Å². The molecule has 0 rings (SSSR count). The van der Waals surface area contributed by atoms with Crippen LogP contribution >= 0.6 is 24.8 Å². The predicted molar refractivity (Wildman–Crippen MR) is 31.6 cm³/mol. The fraction of sp³-hybridized carbons (Fsp3) is 0. The first-order valence-corrected chi connectivity index (χ1v) is 0. The number of rotatable bonds is 0. The molecule has 4 heavy (non-hydrogen) atoms. The van der Waals surface area contributed by atoms with Crippen molar-refractivity contribution in [2.75, 3.05) is 0 Å². The Kier molecular flexibility index (Phi) is 127. The molecule has 4 heteroatoms. The van der Waals surface area contributed by atoms with Crippen molar-refractivity contribution in [3.63, 3.8) is 0 Å². The standard InChI is InChI=1S/Al.2ClH.K.4H/h;2*1H;;;;;. The first-order valence-electron chi connectivity index (χ1n) is 0. The molecule has 0 spiro atoms. The summed E-state index contributed by atoms with van der Waals surface area (Å²) in [4.78, 5) is 0. The van der Waals surface area contributed by atoms with Gasteiger partial charge in [-0.1, -0.05) is 0 Å². The van der Waals surface area contributed by atoms with Gasteiger partial charge < -0.3 is 0 Å². The summed E-state index contributed by atoms with van der Waals surface area (Å²) in [6, 6.07) is 0. The Morgan fingerprint density at radius 3 is 0.750 bits per heavy atom. The van der Waals surface area contributed by atoms with E-state index in [2.05, 4.69) is 0 Å². The molecule has 0 aromatic rings. The first-order chi connectivity index (χ1) is 0. The van der Waals surface area contributed by atoms with Gasteiger partial charge in [0.15, 0.2) is 17.4 Å². The normalized spacial score (nSPS) is 0. The molecule has 0 bridgehead atoms. The second kappa shape index (κ2) is 17.2. The third kappa shape index (κ3) is 8.83. The Morgan fingerprint density at radius 1 is 0.750 bits per heavy atom. The van der Waals surface area contributed by atoms with Crippen LogP contribution < -0.4 is 0 Å². The number of halogens is 2. The number of hydrogen-bond acceptors (Lipinski definition) is 0. The van der Waals surface area contributed by atoms with Gasteiger partial charge in [0.25, 0.3) is 0 Å². The second-order valence-corrected chi connectivity index (χ2v) is 0. The maximum atomic E-state index is 0. The zero-order valence-electron chi connectivity index (χ0n) is 0.816. The molecule has 0 aliphatic carbocycles. The predicted octanol–water partition coefficient (Wildman–Crippen LogP) is -0.989. The van der Waals surface area contributed by atoms with Crippen LogP contribution in [0.25, 0.3) is 0 Å². The molecule has 0 amide bonds. The van der Waals surface area contributed by atoms with E-state index in [1.807, 2.05) is 0 Å². The molecule has 0 aliphatic heterocycles. The maximum absolute atomic E-state index is 0. The summed E-state index contributed by atoms with van der Waals surface area (Å²) in [7, 11) is 0. The van der Waals surface area contributed by atoms with E-state index in [-0.39, 0.29) is 93.6 Å². The third-order valence-corrected chi connectivity index (χ3v) is 0.